The molecule has 6 heteroatoms. The minimum Gasteiger partial charge on any atom is -0.338 e. The Morgan fingerprint density at radius 2 is 2.29 bits per heavy atom. The molecular weight excluding hydrogens is 238 g/mol. The van der Waals surface area contributed by atoms with Gasteiger partial charge in [0.25, 0.3) is 0 Å². The van der Waals surface area contributed by atoms with Crippen molar-refractivity contribution in [3.05, 3.63) is 47.3 Å². The normalized spacial score (nSPS) is 12.6. The average Bonchev–Trinajstić information content (AvgIpc) is 2.73. The molecule has 2 heterocycles. The van der Waals surface area contributed by atoms with Gasteiger partial charge < -0.3 is 4.57 Å². The number of imidazole rings is 1. The molecule has 0 bridgehead atoms. The lowest BCUT2D eigenvalue weighted by Gasteiger charge is -2.16. The average molecular weight is 252 g/mol. The zero-order valence-corrected chi connectivity index (χ0v) is 10.2. The fraction of sp³-hybridized carbons (Fsp3) is 0.273. The first-order valence-corrected chi connectivity index (χ1v) is 5.63. The Hall–Kier alpha value is -1.43. The maximum absolute atomic E-state index is 6.09. The van der Waals surface area contributed by atoms with Crippen molar-refractivity contribution in [2.45, 2.75) is 12.5 Å². The molecule has 0 aliphatic heterocycles. The molecule has 0 saturated heterocycles. The van der Waals surface area contributed by atoms with E-state index in [0.717, 1.165) is 11.5 Å². The molecule has 3 N–H and O–H groups in total. The quantitative estimate of drug-likeness (QED) is 0.633. The number of nitrogens with two attached hydrogens (primary N) is 1. The summed E-state index contributed by atoms with van der Waals surface area (Å²) >= 11 is 6.09. The summed E-state index contributed by atoms with van der Waals surface area (Å²) in [6.45, 7) is 0. The maximum atomic E-state index is 6.09. The highest BCUT2D eigenvalue weighted by atomic mass is 35.5. The first-order valence-electron chi connectivity index (χ1n) is 5.25. The van der Waals surface area contributed by atoms with Crippen LogP contribution in [-0.4, -0.2) is 14.5 Å². The molecule has 0 aromatic carbocycles. The molecule has 0 aliphatic rings. The van der Waals surface area contributed by atoms with Crippen LogP contribution in [0.15, 0.2) is 30.7 Å². The van der Waals surface area contributed by atoms with Gasteiger partial charge in [0.2, 0.25) is 0 Å². The van der Waals surface area contributed by atoms with E-state index >= 15 is 0 Å². The van der Waals surface area contributed by atoms with Gasteiger partial charge in [0, 0.05) is 32.1 Å². The van der Waals surface area contributed by atoms with Crippen molar-refractivity contribution in [1.29, 1.82) is 0 Å². The number of aryl methyl sites for hydroxylation is 1. The Morgan fingerprint density at radius 1 is 1.47 bits per heavy atom. The van der Waals surface area contributed by atoms with Gasteiger partial charge in [-0.3, -0.25) is 16.3 Å². The highest BCUT2D eigenvalue weighted by Gasteiger charge is 2.17. The van der Waals surface area contributed by atoms with Gasteiger partial charge >= 0.3 is 0 Å². The van der Waals surface area contributed by atoms with Crippen molar-refractivity contribution in [3.8, 4) is 0 Å². The lowest BCUT2D eigenvalue weighted by molar-refractivity contribution is 0.518. The fourth-order valence-electron chi connectivity index (χ4n) is 1.66. The second kappa shape index (κ2) is 5.27. The van der Waals surface area contributed by atoms with E-state index in [2.05, 4.69) is 15.4 Å². The van der Waals surface area contributed by atoms with E-state index in [1.165, 1.54) is 0 Å². The first-order chi connectivity index (χ1) is 8.22. The highest BCUT2D eigenvalue weighted by molar-refractivity contribution is 6.31. The molecule has 1 atom stereocenters. The lowest BCUT2D eigenvalue weighted by atomic mass is 10.1. The highest BCUT2D eigenvalue weighted by Crippen LogP contribution is 2.22. The summed E-state index contributed by atoms with van der Waals surface area (Å²) in [5.74, 6) is 6.48. The van der Waals surface area contributed by atoms with Gasteiger partial charge in [-0.25, -0.2) is 4.98 Å². The number of halogens is 1. The monoisotopic (exact) mass is 251 g/mol. The molecule has 1 unspecified atom stereocenters. The van der Waals surface area contributed by atoms with Crippen LogP contribution in [0, 0.1) is 0 Å². The summed E-state index contributed by atoms with van der Waals surface area (Å²) in [6, 6.07) is 3.44. The predicted molar refractivity (Wildman–Crippen MR) is 66.2 cm³/mol. The summed E-state index contributed by atoms with van der Waals surface area (Å²) < 4.78 is 1.95. The van der Waals surface area contributed by atoms with E-state index in [9.17, 15) is 0 Å². The third kappa shape index (κ3) is 2.63. The van der Waals surface area contributed by atoms with Crippen molar-refractivity contribution >= 4 is 11.6 Å². The molecule has 0 spiro atoms. The topological polar surface area (TPSA) is 68.8 Å². The summed E-state index contributed by atoms with van der Waals surface area (Å²) in [5, 5.41) is 0.602. The second-order valence-electron chi connectivity index (χ2n) is 3.75. The number of rotatable bonds is 4. The Morgan fingerprint density at radius 3 is 2.88 bits per heavy atom. The van der Waals surface area contributed by atoms with E-state index in [1.54, 1.807) is 24.5 Å². The molecule has 0 saturated carbocycles. The van der Waals surface area contributed by atoms with Crippen LogP contribution in [0.25, 0.3) is 0 Å². The lowest BCUT2D eigenvalue weighted by Crippen LogP contribution is -2.31. The van der Waals surface area contributed by atoms with Gasteiger partial charge in [0.15, 0.2) is 0 Å². The number of nitrogens with zero attached hydrogens (tertiary/aromatic N) is 3. The summed E-state index contributed by atoms with van der Waals surface area (Å²) in [6.07, 6.45) is 5.98. The Bertz CT molecular complexity index is 496. The van der Waals surface area contributed by atoms with Gasteiger partial charge in [-0.1, -0.05) is 11.6 Å². The minimum atomic E-state index is -0.148. The van der Waals surface area contributed by atoms with Crippen LogP contribution < -0.4 is 11.3 Å². The zero-order valence-electron chi connectivity index (χ0n) is 9.47. The van der Waals surface area contributed by atoms with E-state index < -0.39 is 0 Å². The Kier molecular flexibility index (Phi) is 3.73. The number of pyridine rings is 1. The molecule has 0 amide bonds. The van der Waals surface area contributed by atoms with Crippen molar-refractivity contribution in [2.24, 2.45) is 12.9 Å². The van der Waals surface area contributed by atoms with Crippen molar-refractivity contribution in [1.82, 2.24) is 20.0 Å². The third-order valence-corrected chi connectivity index (χ3v) is 2.95. The van der Waals surface area contributed by atoms with E-state index in [4.69, 9.17) is 17.4 Å². The zero-order chi connectivity index (χ0) is 12.3. The molecule has 0 radical (unpaired) electrons. The van der Waals surface area contributed by atoms with Gasteiger partial charge in [0.1, 0.15) is 5.82 Å². The molecular formula is C11H14ClN5. The van der Waals surface area contributed by atoms with Gasteiger partial charge in [-0.15, -0.1) is 0 Å². The van der Waals surface area contributed by atoms with Crippen LogP contribution in [0.1, 0.15) is 17.6 Å². The van der Waals surface area contributed by atoms with E-state index in [-0.39, 0.29) is 6.04 Å². The van der Waals surface area contributed by atoms with Crippen LogP contribution in [0.4, 0.5) is 0 Å². The van der Waals surface area contributed by atoms with Crippen molar-refractivity contribution < 1.29 is 0 Å². The molecule has 17 heavy (non-hydrogen) atoms. The largest absolute Gasteiger partial charge is 0.338 e. The standard InChI is InChI=1S/C11H14ClN5/c1-17-6-5-14-10(17)7-9(16-13)11-8(12)3-2-4-15-11/h2-6,9,16H,7,13H2,1H3. The number of aromatic nitrogens is 3. The van der Waals surface area contributed by atoms with Gasteiger partial charge in [-0.2, -0.15) is 0 Å². The van der Waals surface area contributed by atoms with E-state index in [1.807, 2.05) is 17.8 Å². The minimum absolute atomic E-state index is 0.148. The molecule has 2 aromatic rings. The van der Waals surface area contributed by atoms with Crippen molar-refractivity contribution in [2.75, 3.05) is 0 Å². The second-order valence-corrected chi connectivity index (χ2v) is 4.16. The molecule has 90 valence electrons. The van der Waals surface area contributed by atoms with Crippen molar-refractivity contribution in [3.63, 3.8) is 0 Å². The number of hydrogen-bond donors (Lipinski definition) is 2. The predicted octanol–water partition coefficient (Wildman–Crippen LogP) is 1.22. The maximum Gasteiger partial charge on any atom is 0.110 e. The van der Waals surface area contributed by atoms with E-state index in [0.29, 0.717) is 11.4 Å². The Balaban J connectivity index is 2.23. The first kappa shape index (κ1) is 12.0. The van der Waals surface area contributed by atoms with Gasteiger partial charge in [0.05, 0.1) is 16.8 Å². The third-order valence-electron chi connectivity index (χ3n) is 2.63. The number of hydrazine groups is 1. The smallest absolute Gasteiger partial charge is 0.110 e. The molecule has 0 aliphatic carbocycles. The molecule has 2 aromatic heterocycles. The van der Waals surface area contributed by atoms with Crippen LogP contribution in [0.2, 0.25) is 5.02 Å². The van der Waals surface area contributed by atoms with Crippen LogP contribution in [-0.2, 0) is 13.5 Å². The van der Waals surface area contributed by atoms with Gasteiger partial charge in [-0.05, 0) is 12.1 Å². The summed E-state index contributed by atoms with van der Waals surface area (Å²) in [4.78, 5) is 8.50. The number of hydrogen-bond acceptors (Lipinski definition) is 4. The SMILES string of the molecule is Cn1ccnc1CC(NN)c1ncccc1Cl. The molecule has 0 fully saturated rings. The van der Waals surface area contributed by atoms with Crippen LogP contribution in [0.5, 0.6) is 0 Å². The Labute approximate surface area is 105 Å². The summed E-state index contributed by atoms with van der Waals surface area (Å²) in [7, 11) is 1.94. The fourth-order valence-corrected chi connectivity index (χ4v) is 1.92. The molecule has 2 rings (SSSR count). The molecule has 5 nitrogen and oxygen atoms in total. The van der Waals surface area contributed by atoms with Crippen LogP contribution >= 0.6 is 11.6 Å². The number of nitrogens with one attached hydrogen (secondary N) is 1. The summed E-state index contributed by atoms with van der Waals surface area (Å²) in [5.41, 5.74) is 3.46. The van der Waals surface area contributed by atoms with Crippen LogP contribution in [0.3, 0.4) is 0 Å².